The monoisotopic (exact) mass is 260 g/mol. The highest BCUT2D eigenvalue weighted by Crippen LogP contribution is 2.27. The predicted molar refractivity (Wildman–Crippen MR) is 79.0 cm³/mol. The van der Waals surface area contributed by atoms with Gasteiger partial charge in [0.25, 0.3) is 5.91 Å². The molecule has 1 aromatic rings. The molecular weight excluding hydrogens is 236 g/mol. The van der Waals surface area contributed by atoms with E-state index in [-0.39, 0.29) is 5.91 Å². The maximum atomic E-state index is 12.2. The Bertz CT molecular complexity index is 448. The van der Waals surface area contributed by atoms with Gasteiger partial charge in [-0.2, -0.15) is 0 Å². The van der Waals surface area contributed by atoms with Crippen molar-refractivity contribution >= 4 is 11.6 Å². The Morgan fingerprint density at radius 1 is 1.32 bits per heavy atom. The number of carbonyl (C=O) groups is 1. The summed E-state index contributed by atoms with van der Waals surface area (Å²) in [5.74, 6) is 1.49. The van der Waals surface area contributed by atoms with E-state index in [4.69, 9.17) is 5.73 Å². The van der Waals surface area contributed by atoms with Gasteiger partial charge in [-0.1, -0.05) is 25.8 Å². The van der Waals surface area contributed by atoms with Crippen LogP contribution >= 0.6 is 0 Å². The Morgan fingerprint density at radius 2 is 2.00 bits per heavy atom. The summed E-state index contributed by atoms with van der Waals surface area (Å²) in [7, 11) is 0. The summed E-state index contributed by atoms with van der Waals surface area (Å²) in [4.78, 5) is 12.2. The third-order valence-corrected chi connectivity index (χ3v) is 4.31. The number of hydrogen-bond acceptors (Lipinski definition) is 2. The highest BCUT2D eigenvalue weighted by atomic mass is 16.1. The van der Waals surface area contributed by atoms with Crippen molar-refractivity contribution in [3.63, 3.8) is 0 Å². The molecule has 0 unspecified atom stereocenters. The molecule has 3 N–H and O–H groups in total. The summed E-state index contributed by atoms with van der Waals surface area (Å²) < 4.78 is 0. The van der Waals surface area contributed by atoms with Crippen LogP contribution in [0.1, 0.15) is 48.5 Å². The molecule has 104 valence electrons. The van der Waals surface area contributed by atoms with E-state index in [0.29, 0.717) is 17.2 Å². The van der Waals surface area contributed by atoms with Crippen molar-refractivity contribution in [3.05, 3.63) is 29.3 Å². The second kappa shape index (κ2) is 6.09. The molecule has 0 spiro atoms. The fourth-order valence-corrected chi connectivity index (χ4v) is 2.76. The molecule has 1 saturated carbocycles. The molecule has 3 heteroatoms. The fourth-order valence-electron chi connectivity index (χ4n) is 2.76. The number of nitrogens with one attached hydrogen (secondary N) is 1. The van der Waals surface area contributed by atoms with Crippen LogP contribution in [0.25, 0.3) is 0 Å². The van der Waals surface area contributed by atoms with Crippen LogP contribution in [0.3, 0.4) is 0 Å². The smallest absolute Gasteiger partial charge is 0.251 e. The molecule has 0 bridgehead atoms. The van der Waals surface area contributed by atoms with Crippen LogP contribution in [0.15, 0.2) is 18.2 Å². The van der Waals surface area contributed by atoms with Crippen molar-refractivity contribution in [1.82, 2.24) is 5.32 Å². The van der Waals surface area contributed by atoms with Gasteiger partial charge in [0, 0.05) is 17.8 Å². The first-order valence-corrected chi connectivity index (χ1v) is 7.21. The SMILES string of the molecule is Cc1c(N)cccc1C(=O)NCC1CCC(C)CC1. The van der Waals surface area contributed by atoms with Gasteiger partial charge in [0.1, 0.15) is 0 Å². The molecule has 0 heterocycles. The second-order valence-electron chi connectivity index (χ2n) is 5.86. The molecule has 1 aliphatic carbocycles. The minimum Gasteiger partial charge on any atom is -0.398 e. The average Bonchev–Trinajstić information content (AvgIpc) is 2.41. The molecule has 0 saturated heterocycles. The lowest BCUT2D eigenvalue weighted by molar-refractivity contribution is 0.0941. The maximum absolute atomic E-state index is 12.2. The van der Waals surface area contributed by atoms with Gasteiger partial charge >= 0.3 is 0 Å². The molecule has 0 radical (unpaired) electrons. The van der Waals surface area contributed by atoms with Crippen molar-refractivity contribution in [2.45, 2.75) is 39.5 Å². The zero-order valence-electron chi connectivity index (χ0n) is 11.9. The molecule has 2 rings (SSSR count). The molecule has 0 aromatic heterocycles. The second-order valence-corrected chi connectivity index (χ2v) is 5.86. The summed E-state index contributed by atoms with van der Waals surface area (Å²) in [6.07, 6.45) is 5.05. The summed E-state index contributed by atoms with van der Waals surface area (Å²) in [6, 6.07) is 5.50. The highest BCUT2D eigenvalue weighted by Gasteiger charge is 2.19. The standard InChI is InChI=1S/C16H24N2O/c1-11-6-8-13(9-7-11)10-18-16(19)14-4-3-5-15(17)12(14)2/h3-5,11,13H,6-10,17H2,1-2H3,(H,18,19). The quantitative estimate of drug-likeness (QED) is 0.820. The number of rotatable bonds is 3. The van der Waals surface area contributed by atoms with Crippen LogP contribution in [0.5, 0.6) is 0 Å². The van der Waals surface area contributed by atoms with E-state index < -0.39 is 0 Å². The lowest BCUT2D eigenvalue weighted by Crippen LogP contribution is -2.31. The van der Waals surface area contributed by atoms with Crippen LogP contribution in [-0.4, -0.2) is 12.5 Å². The Morgan fingerprint density at radius 3 is 2.68 bits per heavy atom. The highest BCUT2D eigenvalue weighted by molar-refractivity contribution is 5.96. The third kappa shape index (κ3) is 3.49. The molecule has 0 aliphatic heterocycles. The zero-order chi connectivity index (χ0) is 13.8. The van der Waals surface area contributed by atoms with Gasteiger partial charge in [0.2, 0.25) is 0 Å². The van der Waals surface area contributed by atoms with Crippen LogP contribution in [0.4, 0.5) is 5.69 Å². The van der Waals surface area contributed by atoms with E-state index in [9.17, 15) is 4.79 Å². The van der Waals surface area contributed by atoms with E-state index >= 15 is 0 Å². The first kappa shape index (κ1) is 13.9. The Labute approximate surface area is 115 Å². The van der Waals surface area contributed by atoms with E-state index in [0.717, 1.165) is 18.0 Å². The van der Waals surface area contributed by atoms with Crippen LogP contribution in [0, 0.1) is 18.8 Å². The molecule has 0 atom stereocenters. The van der Waals surface area contributed by atoms with E-state index in [2.05, 4.69) is 12.2 Å². The molecule has 1 fully saturated rings. The predicted octanol–water partition coefficient (Wildman–Crippen LogP) is 3.13. The van der Waals surface area contributed by atoms with Gasteiger partial charge in [-0.25, -0.2) is 0 Å². The average molecular weight is 260 g/mol. The van der Waals surface area contributed by atoms with Crippen molar-refractivity contribution in [1.29, 1.82) is 0 Å². The van der Waals surface area contributed by atoms with Gasteiger partial charge in [0.15, 0.2) is 0 Å². The minimum absolute atomic E-state index is 0.00317. The third-order valence-electron chi connectivity index (χ3n) is 4.31. The van der Waals surface area contributed by atoms with Crippen molar-refractivity contribution < 1.29 is 4.79 Å². The Balaban J connectivity index is 1.89. The van der Waals surface area contributed by atoms with Gasteiger partial charge in [-0.05, 0) is 49.3 Å². The van der Waals surface area contributed by atoms with Crippen LogP contribution in [-0.2, 0) is 0 Å². The summed E-state index contributed by atoms with van der Waals surface area (Å²) in [5.41, 5.74) is 8.08. The minimum atomic E-state index is 0.00317. The molecular formula is C16H24N2O. The van der Waals surface area contributed by atoms with E-state index in [1.165, 1.54) is 25.7 Å². The van der Waals surface area contributed by atoms with Gasteiger partial charge in [-0.3, -0.25) is 4.79 Å². The molecule has 1 amide bonds. The summed E-state index contributed by atoms with van der Waals surface area (Å²) in [5, 5.41) is 3.06. The number of anilines is 1. The lowest BCUT2D eigenvalue weighted by atomic mass is 9.83. The number of benzene rings is 1. The van der Waals surface area contributed by atoms with Gasteiger partial charge in [-0.15, -0.1) is 0 Å². The molecule has 1 aromatic carbocycles. The first-order chi connectivity index (χ1) is 9.08. The van der Waals surface area contributed by atoms with Crippen LogP contribution in [0.2, 0.25) is 0 Å². The number of carbonyl (C=O) groups excluding carboxylic acids is 1. The Kier molecular flexibility index (Phi) is 4.46. The number of amides is 1. The summed E-state index contributed by atoms with van der Waals surface area (Å²) in [6.45, 7) is 5.00. The van der Waals surface area contributed by atoms with E-state index in [1.54, 1.807) is 0 Å². The molecule has 1 aliphatic rings. The largest absolute Gasteiger partial charge is 0.398 e. The van der Waals surface area contributed by atoms with Gasteiger partial charge in [0.05, 0.1) is 0 Å². The molecule has 19 heavy (non-hydrogen) atoms. The number of nitrogen functional groups attached to an aromatic ring is 1. The van der Waals surface area contributed by atoms with Crippen molar-refractivity contribution in [2.75, 3.05) is 12.3 Å². The van der Waals surface area contributed by atoms with Crippen molar-refractivity contribution in [3.8, 4) is 0 Å². The number of hydrogen-bond donors (Lipinski definition) is 2. The topological polar surface area (TPSA) is 55.1 Å². The Hall–Kier alpha value is -1.51. The van der Waals surface area contributed by atoms with E-state index in [1.807, 2.05) is 25.1 Å². The van der Waals surface area contributed by atoms with Crippen LogP contribution < -0.4 is 11.1 Å². The van der Waals surface area contributed by atoms with Crippen molar-refractivity contribution in [2.24, 2.45) is 11.8 Å². The van der Waals surface area contributed by atoms with Gasteiger partial charge < -0.3 is 11.1 Å². The zero-order valence-corrected chi connectivity index (χ0v) is 11.9. The number of nitrogens with two attached hydrogens (primary N) is 1. The lowest BCUT2D eigenvalue weighted by Gasteiger charge is -2.26. The summed E-state index contributed by atoms with van der Waals surface area (Å²) >= 11 is 0. The fraction of sp³-hybridized carbons (Fsp3) is 0.562. The first-order valence-electron chi connectivity index (χ1n) is 7.21. The molecule has 3 nitrogen and oxygen atoms in total. The maximum Gasteiger partial charge on any atom is 0.251 e. The normalized spacial score (nSPS) is 23.1.